The van der Waals surface area contributed by atoms with Crippen molar-refractivity contribution in [1.82, 2.24) is 25.9 Å². The summed E-state index contributed by atoms with van der Waals surface area (Å²) in [6, 6.07) is -1.61. The molecule has 0 radical (unpaired) electrons. The van der Waals surface area contributed by atoms with Crippen molar-refractivity contribution in [1.29, 1.82) is 0 Å². The van der Waals surface area contributed by atoms with Crippen LogP contribution in [0.1, 0.15) is 77.6 Å². The zero-order chi connectivity index (χ0) is 26.9. The molecule has 0 aromatic carbocycles. The van der Waals surface area contributed by atoms with Crippen LogP contribution >= 0.6 is 0 Å². The maximum atomic E-state index is 13.0. The Morgan fingerprint density at radius 3 is 2.31 bits per heavy atom. The Hall–Kier alpha value is -3.32. The van der Waals surface area contributed by atoms with E-state index in [0.29, 0.717) is 38.6 Å². The predicted molar refractivity (Wildman–Crippen MR) is 137 cm³/mol. The number of rotatable bonds is 15. The lowest BCUT2D eigenvalue weighted by atomic mass is 10.0. The molecule has 0 aliphatic rings. The fourth-order valence-electron chi connectivity index (χ4n) is 3.24. The highest BCUT2D eigenvalue weighted by Crippen LogP contribution is 2.07. The third kappa shape index (κ3) is 12.4. The van der Waals surface area contributed by atoms with E-state index < -0.39 is 23.9 Å². The van der Waals surface area contributed by atoms with E-state index in [4.69, 9.17) is 5.73 Å². The minimum Gasteiger partial charge on any atom is -0.347 e. The van der Waals surface area contributed by atoms with Gasteiger partial charge < -0.3 is 21.7 Å². The topological polar surface area (TPSA) is 156 Å². The largest absolute Gasteiger partial charge is 0.347 e. The molecule has 0 aliphatic heterocycles. The van der Waals surface area contributed by atoms with Gasteiger partial charge in [0.2, 0.25) is 17.7 Å². The Morgan fingerprint density at radius 1 is 1.03 bits per heavy atom. The first-order valence-electron chi connectivity index (χ1n) is 12.5. The van der Waals surface area contributed by atoms with Crippen molar-refractivity contribution in [2.24, 2.45) is 11.7 Å². The molecule has 0 aliphatic carbocycles. The second-order valence-electron chi connectivity index (χ2n) is 8.95. The van der Waals surface area contributed by atoms with Gasteiger partial charge in [-0.1, -0.05) is 32.6 Å². The van der Waals surface area contributed by atoms with E-state index in [1.807, 2.05) is 20.8 Å². The fraction of sp³-hybridized carbons (Fsp3) is 0.615. The molecule has 0 fully saturated rings. The number of hydrogen-bond acceptors (Lipinski definition) is 7. The highest BCUT2D eigenvalue weighted by atomic mass is 16.2. The third-order valence-corrected chi connectivity index (χ3v) is 5.32. The van der Waals surface area contributed by atoms with Crippen molar-refractivity contribution in [2.45, 2.75) is 84.7 Å². The highest BCUT2D eigenvalue weighted by Gasteiger charge is 2.28. The number of aromatic nitrogens is 2. The fourth-order valence-corrected chi connectivity index (χ4v) is 3.24. The molecule has 5 N–H and O–H groups in total. The van der Waals surface area contributed by atoms with Gasteiger partial charge in [-0.25, -0.2) is 9.97 Å². The average Bonchev–Trinajstić information content (AvgIpc) is 2.85. The number of nitrogens with one attached hydrogen (secondary N) is 3. The van der Waals surface area contributed by atoms with Gasteiger partial charge in [0, 0.05) is 31.7 Å². The predicted octanol–water partition coefficient (Wildman–Crippen LogP) is 1.02. The van der Waals surface area contributed by atoms with Gasteiger partial charge in [0.15, 0.2) is 0 Å². The first kappa shape index (κ1) is 30.7. The lowest BCUT2D eigenvalue weighted by molar-refractivity contribution is -0.133. The van der Waals surface area contributed by atoms with E-state index in [1.54, 1.807) is 12.4 Å². The van der Waals surface area contributed by atoms with Crippen LogP contribution in [-0.2, 0) is 25.6 Å². The van der Waals surface area contributed by atoms with Gasteiger partial charge in [-0.05, 0) is 45.1 Å². The van der Waals surface area contributed by atoms with Crippen molar-refractivity contribution in [3.05, 3.63) is 23.8 Å². The SMILES string of the molecule is CCc1ncc(C#CCCCC(=O)N[C@H](C(=O)N[C@@H](CCCCN)C(=O)NCC(C)=O)C(C)C)cn1. The van der Waals surface area contributed by atoms with Gasteiger partial charge in [0.25, 0.3) is 0 Å². The molecule has 0 saturated carbocycles. The van der Waals surface area contributed by atoms with Gasteiger partial charge in [-0.15, -0.1) is 0 Å². The van der Waals surface area contributed by atoms with Crippen molar-refractivity contribution in [3.63, 3.8) is 0 Å². The number of hydrogen-bond donors (Lipinski definition) is 4. The van der Waals surface area contributed by atoms with Crippen LogP contribution in [0.5, 0.6) is 0 Å². The van der Waals surface area contributed by atoms with Gasteiger partial charge in [-0.2, -0.15) is 0 Å². The molecule has 3 amide bonds. The number of nitrogens with two attached hydrogens (primary N) is 1. The first-order valence-corrected chi connectivity index (χ1v) is 12.5. The number of nitrogens with zero attached hydrogens (tertiary/aromatic N) is 2. The first-order chi connectivity index (χ1) is 17.2. The van der Waals surface area contributed by atoms with Crippen LogP contribution in [0.2, 0.25) is 0 Å². The minimum absolute atomic E-state index is 0.105. The zero-order valence-electron chi connectivity index (χ0n) is 21.9. The number of Topliss-reactive ketones (excluding diaryl/α,β-unsaturated/α-hetero) is 1. The Bertz CT molecular complexity index is 921. The zero-order valence-corrected chi connectivity index (χ0v) is 21.9. The highest BCUT2D eigenvalue weighted by molar-refractivity contribution is 5.93. The molecule has 10 heteroatoms. The van der Waals surface area contributed by atoms with E-state index in [1.165, 1.54) is 6.92 Å². The standard InChI is InChI=1S/C26H40N6O4/c1-5-22-28-16-20(17-29-22)11-7-6-8-13-23(34)32-24(18(2)3)26(36)31-21(12-9-10-14-27)25(35)30-15-19(4)33/h16-18,21,24H,5-6,8-10,12-15,27H2,1-4H3,(H,30,35)(H,31,36)(H,32,34)/t21-,24-/m0/s1. The van der Waals surface area contributed by atoms with Crippen LogP contribution in [0.25, 0.3) is 0 Å². The van der Waals surface area contributed by atoms with Gasteiger partial charge in [0.05, 0.1) is 12.1 Å². The maximum absolute atomic E-state index is 13.0. The summed E-state index contributed by atoms with van der Waals surface area (Å²) in [5, 5.41) is 8.05. The summed E-state index contributed by atoms with van der Waals surface area (Å²) in [4.78, 5) is 57.6. The second kappa shape index (κ2) is 17.2. The number of carbonyl (C=O) groups excluding carboxylic acids is 4. The molecular weight excluding hydrogens is 460 g/mol. The Morgan fingerprint density at radius 2 is 1.72 bits per heavy atom. The molecule has 1 rings (SSSR count). The smallest absolute Gasteiger partial charge is 0.243 e. The average molecular weight is 501 g/mol. The molecule has 1 aromatic rings. The summed E-state index contributed by atoms with van der Waals surface area (Å²) in [5.74, 6) is 5.24. The van der Waals surface area contributed by atoms with Gasteiger partial charge >= 0.3 is 0 Å². The molecule has 1 heterocycles. The Balaban J connectivity index is 2.62. The van der Waals surface area contributed by atoms with E-state index >= 15 is 0 Å². The van der Waals surface area contributed by atoms with E-state index in [9.17, 15) is 19.2 Å². The summed E-state index contributed by atoms with van der Waals surface area (Å²) >= 11 is 0. The summed E-state index contributed by atoms with van der Waals surface area (Å²) in [7, 11) is 0. The number of unbranched alkanes of at least 4 members (excludes halogenated alkanes) is 2. The Labute approximate surface area is 214 Å². The molecule has 1 aromatic heterocycles. The van der Waals surface area contributed by atoms with Gasteiger partial charge in [-0.3, -0.25) is 19.2 Å². The number of aryl methyl sites for hydroxylation is 1. The van der Waals surface area contributed by atoms with Crippen LogP contribution in [-0.4, -0.2) is 58.6 Å². The lowest BCUT2D eigenvalue weighted by Crippen LogP contribution is -2.55. The van der Waals surface area contributed by atoms with Crippen molar-refractivity contribution >= 4 is 23.5 Å². The molecule has 198 valence electrons. The maximum Gasteiger partial charge on any atom is 0.243 e. The summed E-state index contributed by atoms with van der Waals surface area (Å²) in [5.41, 5.74) is 6.26. The normalized spacial score (nSPS) is 12.2. The molecular formula is C26H40N6O4. The lowest BCUT2D eigenvalue weighted by Gasteiger charge is -2.25. The van der Waals surface area contributed by atoms with E-state index in [2.05, 4.69) is 37.8 Å². The number of ketones is 1. The van der Waals surface area contributed by atoms with Crippen molar-refractivity contribution < 1.29 is 19.2 Å². The summed E-state index contributed by atoms with van der Waals surface area (Å²) in [6.07, 6.45) is 7.13. The molecule has 0 bridgehead atoms. The molecule has 10 nitrogen and oxygen atoms in total. The number of carbonyl (C=O) groups is 4. The minimum atomic E-state index is -0.813. The van der Waals surface area contributed by atoms with Crippen LogP contribution < -0.4 is 21.7 Å². The van der Waals surface area contributed by atoms with E-state index in [-0.39, 0.29) is 30.6 Å². The van der Waals surface area contributed by atoms with E-state index in [0.717, 1.165) is 17.8 Å². The second-order valence-corrected chi connectivity index (χ2v) is 8.95. The van der Waals surface area contributed by atoms with Crippen LogP contribution in [0.4, 0.5) is 0 Å². The van der Waals surface area contributed by atoms with Crippen LogP contribution in [0.15, 0.2) is 12.4 Å². The summed E-state index contributed by atoms with van der Waals surface area (Å²) in [6.45, 7) is 7.36. The molecule has 0 unspecified atom stereocenters. The van der Waals surface area contributed by atoms with Crippen LogP contribution in [0.3, 0.4) is 0 Å². The molecule has 36 heavy (non-hydrogen) atoms. The van der Waals surface area contributed by atoms with Gasteiger partial charge in [0.1, 0.15) is 23.7 Å². The van der Waals surface area contributed by atoms with Crippen molar-refractivity contribution in [2.75, 3.05) is 13.1 Å². The molecule has 2 atom stereocenters. The van der Waals surface area contributed by atoms with Crippen LogP contribution in [0, 0.1) is 17.8 Å². The molecule has 0 saturated heterocycles. The summed E-state index contributed by atoms with van der Waals surface area (Å²) < 4.78 is 0. The molecule has 0 spiro atoms. The Kier molecular flexibility index (Phi) is 14.6. The van der Waals surface area contributed by atoms with Crippen molar-refractivity contribution in [3.8, 4) is 11.8 Å². The number of amides is 3. The monoisotopic (exact) mass is 500 g/mol. The quantitative estimate of drug-likeness (QED) is 0.207. The third-order valence-electron chi connectivity index (χ3n) is 5.32.